The van der Waals surface area contributed by atoms with Gasteiger partial charge in [0.15, 0.2) is 5.84 Å². The van der Waals surface area contributed by atoms with Crippen molar-refractivity contribution < 1.29 is 4.42 Å². The monoisotopic (exact) mass is 774 g/mol. The molecule has 1 aliphatic carbocycles. The highest BCUT2D eigenvalue weighted by Crippen LogP contribution is 2.43. The molecule has 13 rings (SSSR count). The van der Waals surface area contributed by atoms with Crippen LogP contribution in [-0.4, -0.2) is 16.2 Å². The van der Waals surface area contributed by atoms with Gasteiger partial charge in [-0.05, 0) is 88.5 Å². The van der Waals surface area contributed by atoms with Gasteiger partial charge in [-0.2, -0.15) is 0 Å². The fourth-order valence-corrected chi connectivity index (χ4v) is 10.9. The second-order valence-electron chi connectivity index (χ2n) is 15.6. The molecule has 0 amide bonds. The van der Waals surface area contributed by atoms with Crippen molar-refractivity contribution in [1.82, 2.24) is 9.88 Å². The van der Waals surface area contributed by atoms with Crippen LogP contribution in [0.1, 0.15) is 40.5 Å². The molecule has 8 aromatic carbocycles. The number of aliphatic imine (C=N–C) groups is 2. The molecule has 2 aliphatic rings. The molecule has 59 heavy (non-hydrogen) atoms. The molecule has 1 aliphatic heterocycles. The summed E-state index contributed by atoms with van der Waals surface area (Å²) < 4.78 is 11.9. The van der Waals surface area contributed by atoms with Crippen LogP contribution >= 0.6 is 11.3 Å². The zero-order valence-corrected chi connectivity index (χ0v) is 32.6. The van der Waals surface area contributed by atoms with Crippen LogP contribution in [0.5, 0.6) is 0 Å². The van der Waals surface area contributed by atoms with E-state index in [0.717, 1.165) is 68.4 Å². The minimum atomic E-state index is -0.397. The first-order valence-electron chi connectivity index (χ1n) is 20.2. The van der Waals surface area contributed by atoms with Gasteiger partial charge in [0.2, 0.25) is 0 Å². The largest absolute Gasteiger partial charge is 0.455 e. The first-order valence-corrected chi connectivity index (χ1v) is 21.1. The maximum Gasteiger partial charge on any atom is 0.160 e. The van der Waals surface area contributed by atoms with Gasteiger partial charge in [-0.1, -0.05) is 121 Å². The van der Waals surface area contributed by atoms with Gasteiger partial charge in [-0.25, -0.2) is 9.98 Å². The van der Waals surface area contributed by atoms with Crippen molar-refractivity contribution in [2.75, 3.05) is 0 Å². The van der Waals surface area contributed by atoms with Crippen molar-refractivity contribution in [3.63, 3.8) is 0 Å². The first-order chi connectivity index (χ1) is 29.2. The average molecular weight is 775 g/mol. The first kappa shape index (κ1) is 32.8. The summed E-state index contributed by atoms with van der Waals surface area (Å²) in [5.41, 5.74) is 9.57. The Bertz CT molecular complexity index is 3670. The number of aryl methyl sites for hydroxylation is 1. The highest BCUT2D eigenvalue weighted by Gasteiger charge is 2.29. The summed E-state index contributed by atoms with van der Waals surface area (Å²) in [5.74, 6) is 1.43. The highest BCUT2D eigenvalue weighted by molar-refractivity contribution is 7.26. The molecule has 1 unspecified atom stereocenters. The third-order valence-electron chi connectivity index (χ3n) is 12.3. The van der Waals surface area contributed by atoms with Crippen LogP contribution in [0.3, 0.4) is 0 Å². The fraction of sp³-hybridized carbons (Fsp3) is 0.0566. The number of para-hydroxylation sites is 1. The van der Waals surface area contributed by atoms with Crippen LogP contribution in [-0.2, 0) is 6.42 Å². The molecule has 3 aromatic heterocycles. The number of fused-ring (bicyclic) bond motifs is 11. The Hall–Kier alpha value is -7.28. The van der Waals surface area contributed by atoms with Crippen LogP contribution in [0.15, 0.2) is 178 Å². The molecule has 4 heterocycles. The number of nitrogens with zero attached hydrogens (tertiary/aromatic N) is 3. The second kappa shape index (κ2) is 12.6. The molecular formula is C53H34N4OS. The van der Waals surface area contributed by atoms with Gasteiger partial charge in [0.1, 0.15) is 23.2 Å². The zero-order chi connectivity index (χ0) is 38.6. The van der Waals surface area contributed by atoms with Gasteiger partial charge in [0.05, 0.1) is 22.2 Å². The minimum absolute atomic E-state index is 0.397. The van der Waals surface area contributed by atoms with Gasteiger partial charge in [0.25, 0.3) is 0 Å². The lowest BCUT2D eigenvalue weighted by Gasteiger charge is -2.25. The van der Waals surface area contributed by atoms with Gasteiger partial charge in [-0.3, -0.25) is 0 Å². The molecule has 1 N–H and O–H groups in total. The number of nitrogens with one attached hydrogen (secondary N) is 1. The van der Waals surface area contributed by atoms with Gasteiger partial charge < -0.3 is 14.3 Å². The number of hydrogen-bond acceptors (Lipinski definition) is 5. The molecule has 278 valence electrons. The van der Waals surface area contributed by atoms with E-state index in [1.807, 2.05) is 0 Å². The van der Waals surface area contributed by atoms with Crippen molar-refractivity contribution in [3.05, 3.63) is 192 Å². The number of benzene rings is 8. The molecule has 0 saturated carbocycles. The van der Waals surface area contributed by atoms with E-state index in [2.05, 4.69) is 180 Å². The summed E-state index contributed by atoms with van der Waals surface area (Å²) in [6.45, 7) is 0. The van der Waals surface area contributed by atoms with Crippen LogP contribution in [0.2, 0.25) is 0 Å². The summed E-state index contributed by atoms with van der Waals surface area (Å²) >= 11 is 1.80. The SMILES string of the molecule is C1=Cc2c(c3cc4ccccc4cc3n2-c2ccc(C3=NC(c4cccc5c4sc4ccccc45)=NC(c4cccc5ccccc45)N3)c3oc4ccccc4c23)CC1. The average Bonchev–Trinajstić information content (AvgIpc) is 3.97. The molecule has 5 nitrogen and oxygen atoms in total. The van der Waals surface area contributed by atoms with Crippen molar-refractivity contribution in [3.8, 4) is 5.69 Å². The predicted molar refractivity (Wildman–Crippen MR) is 248 cm³/mol. The lowest BCUT2D eigenvalue weighted by atomic mass is 9.99. The van der Waals surface area contributed by atoms with E-state index in [1.54, 1.807) is 11.3 Å². The molecule has 1 atom stereocenters. The molecule has 0 fully saturated rings. The van der Waals surface area contributed by atoms with Crippen LogP contribution < -0.4 is 5.32 Å². The van der Waals surface area contributed by atoms with E-state index in [9.17, 15) is 0 Å². The molecule has 6 heteroatoms. The highest BCUT2D eigenvalue weighted by atomic mass is 32.1. The Balaban J connectivity index is 1.07. The van der Waals surface area contributed by atoms with Gasteiger partial charge in [-0.15, -0.1) is 11.3 Å². The van der Waals surface area contributed by atoms with E-state index >= 15 is 0 Å². The van der Waals surface area contributed by atoms with Crippen molar-refractivity contribution in [2.24, 2.45) is 9.98 Å². The van der Waals surface area contributed by atoms with E-state index in [-0.39, 0.29) is 0 Å². The maximum absolute atomic E-state index is 6.97. The summed E-state index contributed by atoms with van der Waals surface area (Å²) in [6, 6.07) is 56.5. The van der Waals surface area contributed by atoms with Crippen molar-refractivity contribution in [2.45, 2.75) is 19.0 Å². The molecule has 0 spiro atoms. The van der Waals surface area contributed by atoms with Crippen molar-refractivity contribution >= 4 is 104 Å². The number of aromatic nitrogens is 1. The third-order valence-corrected chi connectivity index (χ3v) is 13.5. The number of thiophene rings is 1. The zero-order valence-electron chi connectivity index (χ0n) is 31.8. The van der Waals surface area contributed by atoms with E-state index < -0.39 is 6.17 Å². The Morgan fingerprint density at radius 2 is 1.39 bits per heavy atom. The topological polar surface area (TPSA) is 54.8 Å². The Morgan fingerprint density at radius 1 is 0.644 bits per heavy atom. The van der Waals surface area contributed by atoms with E-state index in [1.165, 1.54) is 58.5 Å². The Kier molecular flexibility index (Phi) is 7.00. The number of rotatable bonds is 4. The lowest BCUT2D eigenvalue weighted by Crippen LogP contribution is -2.33. The smallest absolute Gasteiger partial charge is 0.160 e. The van der Waals surface area contributed by atoms with Crippen molar-refractivity contribution in [1.29, 1.82) is 0 Å². The summed E-state index contributed by atoms with van der Waals surface area (Å²) in [4.78, 5) is 10.9. The van der Waals surface area contributed by atoms with E-state index in [4.69, 9.17) is 14.4 Å². The summed E-state index contributed by atoms with van der Waals surface area (Å²) in [5, 5.41) is 14.6. The molecule has 0 saturated heterocycles. The molecule has 0 bridgehead atoms. The number of furan rings is 1. The lowest BCUT2D eigenvalue weighted by molar-refractivity contribution is 0.661. The second-order valence-corrected chi connectivity index (χ2v) is 16.7. The summed E-state index contributed by atoms with van der Waals surface area (Å²) in [7, 11) is 0. The van der Waals surface area contributed by atoms with Gasteiger partial charge >= 0.3 is 0 Å². The van der Waals surface area contributed by atoms with E-state index in [0.29, 0.717) is 5.84 Å². The number of amidine groups is 2. The van der Waals surface area contributed by atoms with Gasteiger partial charge in [0, 0.05) is 47.8 Å². The standard InChI is InChI=1S/C53H34N4OS/c1-2-15-33-30-45-42(29-32(33)14-1)35-18-5-8-24-43(35)57(45)44-28-27-40(49-48(44)39-20-6-9-25-46(39)58-49)52-54-51(38-22-11-16-31-13-3-4-17-34(31)38)55-53(56-52)41-23-12-21-37-36-19-7-10-26-47(36)59-50(37)41/h1-4,6-17,19-30,51H,5,18H2,(H,54,55,56). The normalized spacial score (nSPS) is 15.4. The minimum Gasteiger partial charge on any atom is -0.455 e. The molecule has 11 aromatic rings. The molecular weight excluding hydrogens is 741 g/mol. The third kappa shape index (κ3) is 4.90. The number of allylic oxidation sites excluding steroid dienone is 1. The van der Waals surface area contributed by atoms with Crippen LogP contribution in [0.25, 0.3) is 86.3 Å². The molecule has 0 radical (unpaired) electrons. The fourth-order valence-electron chi connectivity index (χ4n) is 9.64. The number of hydrogen-bond donors (Lipinski definition) is 1. The maximum atomic E-state index is 6.97. The Labute approximate surface area is 342 Å². The predicted octanol–water partition coefficient (Wildman–Crippen LogP) is 13.7. The van der Waals surface area contributed by atoms with Crippen LogP contribution in [0.4, 0.5) is 0 Å². The Morgan fingerprint density at radius 3 is 2.31 bits per heavy atom. The summed E-state index contributed by atoms with van der Waals surface area (Å²) in [6.07, 6.45) is 6.26. The quantitative estimate of drug-likeness (QED) is 0.194. The van der Waals surface area contributed by atoms with Crippen LogP contribution in [0, 0.1) is 0 Å².